The first-order chi connectivity index (χ1) is 15.5. The number of carbonyl (C=O) groups is 2. The van der Waals surface area contributed by atoms with E-state index in [0.717, 1.165) is 30.4 Å². The zero-order chi connectivity index (χ0) is 22.8. The van der Waals surface area contributed by atoms with E-state index in [4.69, 9.17) is 9.47 Å². The Kier molecular flexibility index (Phi) is 6.40. The summed E-state index contributed by atoms with van der Waals surface area (Å²) < 4.78 is 11.0. The van der Waals surface area contributed by atoms with E-state index in [-0.39, 0.29) is 17.9 Å². The first-order valence-electron chi connectivity index (χ1n) is 11.5. The summed E-state index contributed by atoms with van der Waals surface area (Å²) >= 11 is 0. The van der Waals surface area contributed by atoms with Gasteiger partial charge in [0.15, 0.2) is 11.5 Å². The standard InChI is InChI=1S/C26H32N2O4/c1-5-7-13-27(6-2)26(30)23-19-15-21(31-3)22(32-4)16-20(19)25(29)28-14-12-17-10-8-9-11-18(17)24(23)28/h8-11,15-16,23-24H,5-7,12-14H2,1-4H3/t23-,24-/m1/s1. The molecule has 0 fully saturated rings. The van der Waals surface area contributed by atoms with Crippen LogP contribution in [-0.4, -0.2) is 55.5 Å². The highest BCUT2D eigenvalue weighted by Gasteiger charge is 2.47. The lowest BCUT2D eigenvalue weighted by Crippen LogP contribution is -2.51. The Morgan fingerprint density at radius 2 is 1.81 bits per heavy atom. The van der Waals surface area contributed by atoms with Gasteiger partial charge in [0.25, 0.3) is 5.91 Å². The van der Waals surface area contributed by atoms with Crippen LogP contribution in [-0.2, 0) is 11.2 Å². The molecule has 0 aromatic heterocycles. The fourth-order valence-corrected chi connectivity index (χ4v) is 5.09. The second-order valence-corrected chi connectivity index (χ2v) is 8.44. The van der Waals surface area contributed by atoms with Crippen molar-refractivity contribution in [3.8, 4) is 11.5 Å². The highest BCUT2D eigenvalue weighted by Crippen LogP contribution is 2.49. The summed E-state index contributed by atoms with van der Waals surface area (Å²) in [5.41, 5.74) is 3.53. The van der Waals surface area contributed by atoms with E-state index in [9.17, 15) is 9.59 Å². The molecule has 6 heteroatoms. The first kappa shape index (κ1) is 22.2. The van der Waals surface area contributed by atoms with Crippen molar-refractivity contribution < 1.29 is 19.1 Å². The SMILES string of the molecule is CCCCN(CC)C(=O)[C@@H]1c2cc(OC)c(OC)cc2C(=O)N2CCc3ccccc3[C@H]12. The lowest BCUT2D eigenvalue weighted by atomic mass is 9.75. The van der Waals surface area contributed by atoms with Gasteiger partial charge < -0.3 is 19.3 Å². The van der Waals surface area contributed by atoms with Gasteiger partial charge in [0.1, 0.15) is 0 Å². The van der Waals surface area contributed by atoms with Gasteiger partial charge in [-0.1, -0.05) is 37.6 Å². The van der Waals surface area contributed by atoms with Gasteiger partial charge in [-0.2, -0.15) is 0 Å². The van der Waals surface area contributed by atoms with Crippen molar-refractivity contribution in [1.82, 2.24) is 9.80 Å². The number of ether oxygens (including phenoxy) is 2. The molecule has 0 spiro atoms. The molecule has 6 nitrogen and oxygen atoms in total. The molecule has 0 unspecified atom stereocenters. The van der Waals surface area contributed by atoms with Gasteiger partial charge in [-0.3, -0.25) is 9.59 Å². The van der Waals surface area contributed by atoms with Gasteiger partial charge >= 0.3 is 0 Å². The zero-order valence-electron chi connectivity index (χ0n) is 19.4. The summed E-state index contributed by atoms with van der Waals surface area (Å²) in [4.78, 5) is 31.5. The maximum absolute atomic E-state index is 14.0. The van der Waals surface area contributed by atoms with Gasteiger partial charge in [0, 0.05) is 25.2 Å². The summed E-state index contributed by atoms with van der Waals surface area (Å²) in [5, 5.41) is 0. The van der Waals surface area contributed by atoms with Crippen molar-refractivity contribution in [2.24, 2.45) is 0 Å². The van der Waals surface area contributed by atoms with Crippen LogP contribution < -0.4 is 9.47 Å². The number of fused-ring (bicyclic) bond motifs is 4. The highest BCUT2D eigenvalue weighted by atomic mass is 16.5. The van der Waals surface area contributed by atoms with Crippen LogP contribution in [0, 0.1) is 0 Å². The van der Waals surface area contributed by atoms with E-state index in [1.54, 1.807) is 20.3 Å². The normalized spacial score (nSPS) is 19.0. The lowest BCUT2D eigenvalue weighted by Gasteiger charge is -2.46. The molecule has 0 radical (unpaired) electrons. The molecule has 0 saturated carbocycles. The molecule has 2 atom stereocenters. The minimum absolute atomic E-state index is 0.0545. The highest BCUT2D eigenvalue weighted by molar-refractivity contribution is 6.02. The third-order valence-corrected chi connectivity index (χ3v) is 6.77. The van der Waals surface area contributed by atoms with Crippen molar-refractivity contribution in [2.75, 3.05) is 33.9 Å². The molecule has 4 rings (SSSR count). The number of amides is 2. The van der Waals surface area contributed by atoms with Crippen LogP contribution >= 0.6 is 0 Å². The van der Waals surface area contributed by atoms with E-state index in [1.165, 1.54) is 5.56 Å². The quantitative estimate of drug-likeness (QED) is 0.653. The number of hydrogen-bond acceptors (Lipinski definition) is 4. The second kappa shape index (κ2) is 9.23. The average Bonchev–Trinajstić information content (AvgIpc) is 2.83. The largest absolute Gasteiger partial charge is 0.493 e. The number of carbonyl (C=O) groups excluding carboxylic acids is 2. The molecule has 0 N–H and O–H groups in total. The van der Waals surface area contributed by atoms with Crippen LogP contribution in [0.3, 0.4) is 0 Å². The Balaban J connectivity index is 1.91. The molecule has 2 heterocycles. The van der Waals surface area contributed by atoms with E-state index >= 15 is 0 Å². The molecule has 2 amide bonds. The molecule has 2 aromatic rings. The monoisotopic (exact) mass is 436 g/mol. The van der Waals surface area contributed by atoms with Gasteiger partial charge in [-0.15, -0.1) is 0 Å². The van der Waals surface area contributed by atoms with Crippen molar-refractivity contribution in [1.29, 1.82) is 0 Å². The fraction of sp³-hybridized carbons (Fsp3) is 0.462. The Morgan fingerprint density at radius 1 is 1.09 bits per heavy atom. The van der Waals surface area contributed by atoms with Crippen LogP contribution in [0.15, 0.2) is 36.4 Å². The topological polar surface area (TPSA) is 59.1 Å². The maximum atomic E-state index is 14.0. The van der Waals surface area contributed by atoms with Crippen molar-refractivity contribution in [3.05, 3.63) is 58.7 Å². The summed E-state index contributed by atoms with van der Waals surface area (Å²) in [7, 11) is 3.14. The average molecular weight is 437 g/mol. The van der Waals surface area contributed by atoms with Gasteiger partial charge in [-0.25, -0.2) is 0 Å². The van der Waals surface area contributed by atoms with Crippen LogP contribution in [0.1, 0.15) is 65.7 Å². The molecular formula is C26H32N2O4. The zero-order valence-corrected chi connectivity index (χ0v) is 19.4. The number of unbranched alkanes of at least 4 members (excludes halogenated alkanes) is 1. The summed E-state index contributed by atoms with van der Waals surface area (Å²) in [6.07, 6.45) is 2.76. The maximum Gasteiger partial charge on any atom is 0.254 e. The molecule has 0 saturated heterocycles. The van der Waals surface area contributed by atoms with Crippen molar-refractivity contribution in [3.63, 3.8) is 0 Å². The summed E-state index contributed by atoms with van der Waals surface area (Å²) in [6.45, 7) is 6.10. The third-order valence-electron chi connectivity index (χ3n) is 6.77. The predicted octanol–water partition coefficient (Wildman–Crippen LogP) is 4.19. The Hall–Kier alpha value is -3.02. The molecule has 2 aliphatic heterocycles. The summed E-state index contributed by atoms with van der Waals surface area (Å²) in [5.74, 6) is 0.557. The van der Waals surface area contributed by atoms with Gasteiger partial charge in [0.2, 0.25) is 5.91 Å². The second-order valence-electron chi connectivity index (χ2n) is 8.44. The van der Waals surface area contributed by atoms with Crippen molar-refractivity contribution >= 4 is 11.8 Å². The minimum Gasteiger partial charge on any atom is -0.493 e. The molecule has 32 heavy (non-hydrogen) atoms. The van der Waals surface area contributed by atoms with Gasteiger partial charge in [0.05, 0.1) is 26.2 Å². The fourth-order valence-electron chi connectivity index (χ4n) is 5.09. The Labute approximate surface area is 190 Å². The van der Waals surface area contributed by atoms with E-state index in [2.05, 4.69) is 19.1 Å². The minimum atomic E-state index is -0.485. The molecule has 0 bridgehead atoms. The lowest BCUT2D eigenvalue weighted by molar-refractivity contribution is -0.134. The predicted molar refractivity (Wildman–Crippen MR) is 123 cm³/mol. The Bertz CT molecular complexity index is 1020. The number of benzene rings is 2. The third kappa shape index (κ3) is 3.61. The van der Waals surface area contributed by atoms with Gasteiger partial charge in [-0.05, 0) is 48.6 Å². The summed E-state index contributed by atoms with van der Waals surface area (Å²) in [6, 6.07) is 11.4. The number of hydrogen-bond donors (Lipinski definition) is 0. The van der Waals surface area contributed by atoms with Crippen LogP contribution in [0.2, 0.25) is 0 Å². The smallest absolute Gasteiger partial charge is 0.254 e. The first-order valence-corrected chi connectivity index (χ1v) is 11.5. The van der Waals surface area contributed by atoms with Crippen LogP contribution in [0.25, 0.3) is 0 Å². The van der Waals surface area contributed by atoms with E-state index in [1.807, 2.05) is 34.9 Å². The molecule has 170 valence electrons. The number of methoxy groups -OCH3 is 2. The molecular weight excluding hydrogens is 404 g/mol. The van der Waals surface area contributed by atoms with Crippen LogP contribution in [0.5, 0.6) is 11.5 Å². The van der Waals surface area contributed by atoms with E-state index < -0.39 is 5.92 Å². The molecule has 0 aliphatic carbocycles. The number of likely N-dealkylation sites (N-methyl/N-ethyl adjacent to an activating group) is 1. The Morgan fingerprint density at radius 3 is 2.50 bits per heavy atom. The van der Waals surface area contributed by atoms with Crippen LogP contribution in [0.4, 0.5) is 0 Å². The number of nitrogens with zero attached hydrogens (tertiary/aromatic N) is 2. The molecule has 2 aliphatic rings. The van der Waals surface area contributed by atoms with Crippen molar-refractivity contribution in [2.45, 2.75) is 45.1 Å². The molecule has 2 aromatic carbocycles. The van der Waals surface area contributed by atoms with E-state index in [0.29, 0.717) is 36.7 Å². The number of rotatable bonds is 7.